The molecule has 0 spiro atoms. The summed E-state index contributed by atoms with van der Waals surface area (Å²) in [7, 11) is -3.41. The van der Waals surface area contributed by atoms with Crippen molar-refractivity contribution in [2.45, 2.75) is 25.2 Å². The van der Waals surface area contributed by atoms with Gasteiger partial charge in [0.2, 0.25) is 21.8 Å². The summed E-state index contributed by atoms with van der Waals surface area (Å²) in [5.41, 5.74) is 0.784. The van der Waals surface area contributed by atoms with E-state index in [1.807, 2.05) is 19.1 Å². The molecule has 0 unspecified atom stereocenters. The Morgan fingerprint density at radius 3 is 2.42 bits per heavy atom. The predicted molar refractivity (Wildman–Crippen MR) is 89.1 cm³/mol. The smallest absolute Gasteiger partial charge is 0.243 e. The fraction of sp³-hybridized carbons (Fsp3) is 0.500. The summed E-state index contributed by atoms with van der Waals surface area (Å²) in [4.78, 5) is 2.63. The second-order valence-electron chi connectivity index (χ2n) is 5.98. The number of aromatic nitrogens is 2. The molecule has 1 aromatic heterocycles. The average Bonchev–Trinajstić information content (AvgIpc) is 2.99. The van der Waals surface area contributed by atoms with Crippen molar-refractivity contribution in [2.24, 2.45) is 0 Å². The van der Waals surface area contributed by atoms with Gasteiger partial charge in [0.15, 0.2) is 0 Å². The van der Waals surface area contributed by atoms with Gasteiger partial charge in [0.25, 0.3) is 0 Å². The van der Waals surface area contributed by atoms with Crippen LogP contribution in [0.1, 0.15) is 17.3 Å². The van der Waals surface area contributed by atoms with Gasteiger partial charge in [-0.1, -0.05) is 18.2 Å². The van der Waals surface area contributed by atoms with Crippen molar-refractivity contribution in [3.8, 4) is 0 Å². The van der Waals surface area contributed by atoms with Crippen LogP contribution in [0.15, 0.2) is 33.6 Å². The first-order valence-corrected chi connectivity index (χ1v) is 9.48. The van der Waals surface area contributed by atoms with Crippen LogP contribution in [0.4, 0.5) is 0 Å². The van der Waals surface area contributed by atoms with Crippen LogP contribution in [-0.4, -0.2) is 60.5 Å². The number of piperazine rings is 1. The van der Waals surface area contributed by atoms with Gasteiger partial charge in [-0.25, -0.2) is 8.42 Å². The van der Waals surface area contributed by atoms with E-state index in [0.717, 1.165) is 12.1 Å². The van der Waals surface area contributed by atoms with E-state index in [1.165, 1.54) is 0 Å². The molecule has 0 aliphatic carbocycles. The summed E-state index contributed by atoms with van der Waals surface area (Å²) in [5, 5.41) is 7.80. The van der Waals surface area contributed by atoms with Crippen molar-refractivity contribution in [2.75, 3.05) is 32.7 Å². The molecule has 0 atom stereocenters. The summed E-state index contributed by atoms with van der Waals surface area (Å²) in [6, 6.07) is 7.12. The Hall–Kier alpha value is -1.77. The summed E-state index contributed by atoms with van der Waals surface area (Å²) in [6.07, 6.45) is 0.686. The quantitative estimate of drug-likeness (QED) is 0.807. The molecule has 1 aromatic carbocycles. The van der Waals surface area contributed by atoms with E-state index < -0.39 is 10.0 Å². The number of benzene rings is 1. The molecular weight excluding hydrogens is 328 g/mol. The van der Waals surface area contributed by atoms with Crippen molar-refractivity contribution in [1.82, 2.24) is 19.4 Å². The predicted octanol–water partition coefficient (Wildman–Crippen LogP) is 1.24. The van der Waals surface area contributed by atoms with Crippen LogP contribution in [0, 0.1) is 13.8 Å². The summed E-state index contributed by atoms with van der Waals surface area (Å²) < 4.78 is 32.5. The SMILES string of the molecule is Cc1nnc(CCN2CCN(S(=O)(=O)c3ccccc3C)CC2)o1. The summed E-state index contributed by atoms with van der Waals surface area (Å²) in [6.45, 7) is 6.80. The van der Waals surface area contributed by atoms with E-state index in [9.17, 15) is 8.42 Å². The van der Waals surface area contributed by atoms with E-state index in [4.69, 9.17) is 4.42 Å². The lowest BCUT2D eigenvalue weighted by atomic mass is 10.2. The zero-order chi connectivity index (χ0) is 17.2. The van der Waals surface area contributed by atoms with Gasteiger partial charge in [-0.2, -0.15) is 4.31 Å². The number of aryl methyl sites for hydroxylation is 2. The first-order valence-electron chi connectivity index (χ1n) is 8.04. The molecule has 3 rings (SSSR count). The minimum absolute atomic E-state index is 0.403. The van der Waals surface area contributed by atoms with Crippen LogP contribution in [0.5, 0.6) is 0 Å². The second kappa shape index (κ2) is 7.00. The lowest BCUT2D eigenvalue weighted by molar-refractivity contribution is 0.186. The molecule has 0 saturated carbocycles. The Morgan fingerprint density at radius 1 is 1.08 bits per heavy atom. The van der Waals surface area contributed by atoms with E-state index in [2.05, 4.69) is 15.1 Å². The van der Waals surface area contributed by atoms with Gasteiger partial charge >= 0.3 is 0 Å². The highest BCUT2D eigenvalue weighted by Crippen LogP contribution is 2.20. The molecule has 1 aliphatic heterocycles. The average molecular weight is 350 g/mol. The zero-order valence-corrected chi connectivity index (χ0v) is 14.8. The Morgan fingerprint density at radius 2 is 1.79 bits per heavy atom. The highest BCUT2D eigenvalue weighted by Gasteiger charge is 2.29. The Labute approximate surface area is 142 Å². The van der Waals surface area contributed by atoms with E-state index in [1.54, 1.807) is 23.4 Å². The lowest BCUT2D eigenvalue weighted by Crippen LogP contribution is -2.49. The minimum Gasteiger partial charge on any atom is -0.426 e. The van der Waals surface area contributed by atoms with Crippen molar-refractivity contribution in [3.05, 3.63) is 41.6 Å². The van der Waals surface area contributed by atoms with Crippen LogP contribution >= 0.6 is 0 Å². The maximum absolute atomic E-state index is 12.8. The van der Waals surface area contributed by atoms with Gasteiger partial charge in [0.05, 0.1) is 4.90 Å². The monoisotopic (exact) mass is 350 g/mol. The number of sulfonamides is 1. The highest BCUT2D eigenvalue weighted by atomic mass is 32.2. The van der Waals surface area contributed by atoms with Crippen molar-refractivity contribution in [3.63, 3.8) is 0 Å². The number of hydrogen-bond donors (Lipinski definition) is 0. The fourth-order valence-corrected chi connectivity index (χ4v) is 4.52. The van der Waals surface area contributed by atoms with Crippen LogP contribution < -0.4 is 0 Å². The highest BCUT2D eigenvalue weighted by molar-refractivity contribution is 7.89. The third-order valence-corrected chi connectivity index (χ3v) is 6.31. The Bertz CT molecular complexity index is 795. The summed E-state index contributed by atoms with van der Waals surface area (Å²) in [5.74, 6) is 1.20. The van der Waals surface area contributed by atoms with Gasteiger partial charge in [0.1, 0.15) is 0 Å². The van der Waals surface area contributed by atoms with Crippen LogP contribution in [0.25, 0.3) is 0 Å². The lowest BCUT2D eigenvalue weighted by Gasteiger charge is -2.34. The van der Waals surface area contributed by atoms with Crippen LogP contribution in [-0.2, 0) is 16.4 Å². The van der Waals surface area contributed by atoms with Crippen molar-refractivity contribution >= 4 is 10.0 Å². The summed E-state index contributed by atoms with van der Waals surface area (Å²) >= 11 is 0. The Kier molecular flexibility index (Phi) is 4.98. The maximum atomic E-state index is 12.8. The Balaban J connectivity index is 1.57. The molecule has 8 heteroatoms. The van der Waals surface area contributed by atoms with Crippen molar-refractivity contribution in [1.29, 1.82) is 0 Å². The van der Waals surface area contributed by atoms with Gasteiger partial charge in [-0.05, 0) is 18.6 Å². The molecular formula is C16H22N4O3S. The van der Waals surface area contributed by atoms with Gasteiger partial charge in [-0.3, -0.25) is 0 Å². The van der Waals surface area contributed by atoms with E-state index in [-0.39, 0.29) is 0 Å². The van der Waals surface area contributed by atoms with Crippen LogP contribution in [0.3, 0.4) is 0 Å². The third-order valence-electron chi connectivity index (χ3n) is 4.25. The fourth-order valence-electron chi connectivity index (χ4n) is 2.87. The van der Waals surface area contributed by atoms with Gasteiger partial charge in [-0.15, -0.1) is 10.2 Å². The second-order valence-corrected chi connectivity index (χ2v) is 7.88. The molecule has 7 nitrogen and oxygen atoms in total. The van der Waals surface area contributed by atoms with Crippen LogP contribution in [0.2, 0.25) is 0 Å². The molecule has 2 aromatic rings. The minimum atomic E-state index is -3.41. The third kappa shape index (κ3) is 3.66. The molecule has 1 aliphatic rings. The van der Waals surface area contributed by atoms with E-state index in [0.29, 0.717) is 49.3 Å². The molecule has 0 N–H and O–H groups in total. The molecule has 0 bridgehead atoms. The molecule has 1 saturated heterocycles. The topological polar surface area (TPSA) is 79.5 Å². The molecule has 2 heterocycles. The first-order chi connectivity index (χ1) is 11.5. The molecule has 0 radical (unpaired) electrons. The van der Waals surface area contributed by atoms with E-state index >= 15 is 0 Å². The first kappa shape index (κ1) is 17.1. The standard InChI is InChI=1S/C16H22N4O3S/c1-13-5-3-4-6-15(13)24(21,22)20-11-9-19(10-12-20)8-7-16-18-17-14(2)23-16/h3-6H,7-12H2,1-2H3. The van der Waals surface area contributed by atoms with Gasteiger partial charge in [0, 0.05) is 46.1 Å². The normalized spacial score (nSPS) is 17.2. The van der Waals surface area contributed by atoms with Crippen molar-refractivity contribution < 1.29 is 12.8 Å². The molecule has 0 amide bonds. The molecule has 24 heavy (non-hydrogen) atoms. The molecule has 1 fully saturated rings. The number of nitrogens with zero attached hydrogens (tertiary/aromatic N) is 4. The number of hydrogen-bond acceptors (Lipinski definition) is 6. The largest absolute Gasteiger partial charge is 0.426 e. The maximum Gasteiger partial charge on any atom is 0.243 e. The molecule has 130 valence electrons. The number of rotatable bonds is 5. The van der Waals surface area contributed by atoms with Gasteiger partial charge < -0.3 is 9.32 Å². The zero-order valence-electron chi connectivity index (χ0n) is 14.0.